The Morgan fingerprint density at radius 1 is 1.25 bits per heavy atom. The molecule has 1 amide bonds. The average Bonchev–Trinajstić information content (AvgIpc) is 3.12. The van der Waals surface area contributed by atoms with E-state index in [1.807, 2.05) is 43.3 Å². The molecule has 1 aromatic heterocycles. The summed E-state index contributed by atoms with van der Waals surface area (Å²) < 4.78 is 13.6. The lowest BCUT2D eigenvalue weighted by atomic mass is 10.0. The number of nitrogens with one attached hydrogen (secondary N) is 2. The average molecular weight is 378 g/mol. The fourth-order valence-electron chi connectivity index (χ4n) is 3.68. The first-order valence-corrected chi connectivity index (χ1v) is 9.49. The van der Waals surface area contributed by atoms with E-state index in [0.717, 1.165) is 41.0 Å². The standard InChI is InChI=1S/C22H23FN4O/c1-15(16-6-3-2-4-7-16)24-21(28)14-27-11-10-20-19(13-27)22(26-25-20)17-8-5-9-18(23)12-17/h2-9,12,15H,10-11,13-14H2,1H3,(H,24,28)(H,25,26). The van der Waals surface area contributed by atoms with E-state index in [9.17, 15) is 9.18 Å². The number of H-pyrrole nitrogens is 1. The first-order chi connectivity index (χ1) is 13.6. The van der Waals surface area contributed by atoms with Gasteiger partial charge < -0.3 is 5.32 Å². The second-order valence-corrected chi connectivity index (χ2v) is 7.20. The van der Waals surface area contributed by atoms with Gasteiger partial charge >= 0.3 is 0 Å². The Labute approximate surface area is 163 Å². The number of halogens is 1. The summed E-state index contributed by atoms with van der Waals surface area (Å²) in [6, 6.07) is 16.3. The van der Waals surface area contributed by atoms with Gasteiger partial charge in [-0.3, -0.25) is 14.8 Å². The van der Waals surface area contributed by atoms with Gasteiger partial charge in [0.05, 0.1) is 18.3 Å². The van der Waals surface area contributed by atoms with Crippen LogP contribution in [-0.2, 0) is 17.8 Å². The van der Waals surface area contributed by atoms with Gasteiger partial charge in [0, 0.05) is 36.3 Å². The van der Waals surface area contributed by atoms with Crippen molar-refractivity contribution in [1.29, 1.82) is 0 Å². The van der Waals surface area contributed by atoms with Gasteiger partial charge in [0.25, 0.3) is 0 Å². The van der Waals surface area contributed by atoms with E-state index in [2.05, 4.69) is 20.4 Å². The van der Waals surface area contributed by atoms with Crippen LogP contribution in [0.15, 0.2) is 54.6 Å². The number of aromatic nitrogens is 2. The van der Waals surface area contributed by atoms with E-state index in [1.165, 1.54) is 12.1 Å². The summed E-state index contributed by atoms with van der Waals surface area (Å²) in [7, 11) is 0. The maximum Gasteiger partial charge on any atom is 0.234 e. The molecule has 1 aliphatic rings. The van der Waals surface area contributed by atoms with E-state index in [0.29, 0.717) is 13.1 Å². The first kappa shape index (κ1) is 18.4. The zero-order valence-electron chi connectivity index (χ0n) is 15.8. The largest absolute Gasteiger partial charge is 0.348 e. The SMILES string of the molecule is CC(NC(=O)CN1CCc2[nH]nc(-c3cccc(F)c3)c2C1)c1ccccc1. The number of hydrogen-bond donors (Lipinski definition) is 2. The molecule has 6 heteroatoms. The predicted molar refractivity (Wildman–Crippen MR) is 106 cm³/mol. The fraction of sp³-hybridized carbons (Fsp3) is 0.273. The molecule has 0 saturated heterocycles. The van der Waals surface area contributed by atoms with Crippen LogP contribution in [0.25, 0.3) is 11.3 Å². The molecule has 5 nitrogen and oxygen atoms in total. The number of carbonyl (C=O) groups excluding carboxylic acids is 1. The van der Waals surface area contributed by atoms with Crippen LogP contribution in [0.5, 0.6) is 0 Å². The lowest BCUT2D eigenvalue weighted by Crippen LogP contribution is -2.40. The van der Waals surface area contributed by atoms with E-state index >= 15 is 0 Å². The molecule has 2 aromatic carbocycles. The Bertz CT molecular complexity index is 970. The van der Waals surface area contributed by atoms with Crippen molar-refractivity contribution in [2.75, 3.05) is 13.1 Å². The number of benzene rings is 2. The van der Waals surface area contributed by atoms with Crippen molar-refractivity contribution in [3.63, 3.8) is 0 Å². The van der Waals surface area contributed by atoms with Crippen LogP contribution in [0.2, 0.25) is 0 Å². The van der Waals surface area contributed by atoms with Gasteiger partial charge in [-0.25, -0.2) is 4.39 Å². The third-order valence-electron chi connectivity index (χ3n) is 5.15. The molecule has 28 heavy (non-hydrogen) atoms. The Kier molecular flexibility index (Phi) is 5.21. The molecule has 1 aliphatic heterocycles. The summed E-state index contributed by atoms with van der Waals surface area (Å²) in [5.41, 5.74) is 4.70. The molecule has 0 bridgehead atoms. The molecule has 0 spiro atoms. The molecule has 0 aliphatic carbocycles. The van der Waals surface area contributed by atoms with Crippen LogP contribution in [0.1, 0.15) is 29.8 Å². The van der Waals surface area contributed by atoms with Crippen molar-refractivity contribution in [2.45, 2.75) is 25.9 Å². The second-order valence-electron chi connectivity index (χ2n) is 7.20. The number of aromatic amines is 1. The van der Waals surface area contributed by atoms with Crippen molar-refractivity contribution >= 4 is 5.91 Å². The minimum atomic E-state index is -0.281. The zero-order valence-corrected chi connectivity index (χ0v) is 15.8. The highest BCUT2D eigenvalue weighted by Gasteiger charge is 2.24. The van der Waals surface area contributed by atoms with Gasteiger partial charge in [-0.1, -0.05) is 42.5 Å². The maximum atomic E-state index is 13.6. The molecule has 2 heterocycles. The van der Waals surface area contributed by atoms with Crippen LogP contribution in [-0.4, -0.2) is 34.1 Å². The summed E-state index contributed by atoms with van der Waals surface area (Å²) in [5, 5.41) is 10.5. The molecule has 4 rings (SSSR count). The monoisotopic (exact) mass is 378 g/mol. The van der Waals surface area contributed by atoms with Crippen molar-refractivity contribution in [3.8, 4) is 11.3 Å². The van der Waals surface area contributed by atoms with Crippen LogP contribution >= 0.6 is 0 Å². The van der Waals surface area contributed by atoms with E-state index in [4.69, 9.17) is 0 Å². The summed E-state index contributed by atoms with van der Waals surface area (Å²) in [5.74, 6) is -0.285. The maximum absolute atomic E-state index is 13.6. The summed E-state index contributed by atoms with van der Waals surface area (Å²) >= 11 is 0. The van der Waals surface area contributed by atoms with Crippen molar-refractivity contribution in [3.05, 3.63) is 77.2 Å². The number of nitrogens with zero attached hydrogens (tertiary/aromatic N) is 2. The first-order valence-electron chi connectivity index (χ1n) is 9.49. The van der Waals surface area contributed by atoms with E-state index in [-0.39, 0.29) is 17.8 Å². The second kappa shape index (κ2) is 7.94. The summed E-state index contributed by atoms with van der Waals surface area (Å²) in [4.78, 5) is 14.6. The van der Waals surface area contributed by atoms with Crippen molar-refractivity contribution in [2.24, 2.45) is 0 Å². The highest BCUT2D eigenvalue weighted by atomic mass is 19.1. The normalized spacial score (nSPS) is 15.1. The van der Waals surface area contributed by atoms with Gasteiger partial charge in [-0.05, 0) is 24.6 Å². The van der Waals surface area contributed by atoms with Crippen LogP contribution in [0.3, 0.4) is 0 Å². The van der Waals surface area contributed by atoms with Gasteiger partial charge in [0.2, 0.25) is 5.91 Å². The zero-order chi connectivity index (χ0) is 19.5. The van der Waals surface area contributed by atoms with Crippen LogP contribution in [0, 0.1) is 5.82 Å². The van der Waals surface area contributed by atoms with E-state index in [1.54, 1.807) is 6.07 Å². The molecule has 3 aromatic rings. The highest BCUT2D eigenvalue weighted by Crippen LogP contribution is 2.28. The van der Waals surface area contributed by atoms with Crippen LogP contribution < -0.4 is 5.32 Å². The van der Waals surface area contributed by atoms with Gasteiger partial charge in [-0.15, -0.1) is 0 Å². The fourth-order valence-corrected chi connectivity index (χ4v) is 3.68. The Morgan fingerprint density at radius 2 is 2.07 bits per heavy atom. The number of fused-ring (bicyclic) bond motifs is 1. The third kappa shape index (κ3) is 3.97. The molecular weight excluding hydrogens is 355 g/mol. The molecule has 0 radical (unpaired) electrons. The molecule has 144 valence electrons. The molecule has 1 unspecified atom stereocenters. The third-order valence-corrected chi connectivity index (χ3v) is 5.15. The molecule has 1 atom stereocenters. The Hall–Kier alpha value is -2.99. The number of amides is 1. The van der Waals surface area contributed by atoms with Crippen LogP contribution in [0.4, 0.5) is 4.39 Å². The molecular formula is C22H23FN4O. The minimum absolute atomic E-state index is 0.00407. The smallest absolute Gasteiger partial charge is 0.234 e. The summed E-state index contributed by atoms with van der Waals surface area (Å²) in [6.45, 7) is 3.71. The van der Waals surface area contributed by atoms with Gasteiger partial charge in [-0.2, -0.15) is 5.10 Å². The lowest BCUT2D eigenvalue weighted by Gasteiger charge is -2.27. The molecule has 2 N–H and O–H groups in total. The number of rotatable bonds is 5. The van der Waals surface area contributed by atoms with Crippen molar-refractivity contribution < 1.29 is 9.18 Å². The Balaban J connectivity index is 1.43. The highest BCUT2D eigenvalue weighted by molar-refractivity contribution is 5.78. The predicted octanol–water partition coefficient (Wildman–Crippen LogP) is 3.45. The molecule has 0 fully saturated rings. The lowest BCUT2D eigenvalue weighted by molar-refractivity contribution is -0.123. The number of hydrogen-bond acceptors (Lipinski definition) is 3. The quantitative estimate of drug-likeness (QED) is 0.715. The minimum Gasteiger partial charge on any atom is -0.348 e. The molecule has 0 saturated carbocycles. The Morgan fingerprint density at radius 3 is 2.86 bits per heavy atom. The van der Waals surface area contributed by atoms with Gasteiger partial charge in [0.15, 0.2) is 0 Å². The van der Waals surface area contributed by atoms with E-state index < -0.39 is 0 Å². The van der Waals surface area contributed by atoms with Gasteiger partial charge in [0.1, 0.15) is 5.82 Å². The topological polar surface area (TPSA) is 61.0 Å². The number of carbonyl (C=O) groups is 1. The summed E-state index contributed by atoms with van der Waals surface area (Å²) in [6.07, 6.45) is 0.791. The van der Waals surface area contributed by atoms with Crippen molar-refractivity contribution in [1.82, 2.24) is 20.4 Å².